The van der Waals surface area contributed by atoms with E-state index in [0.29, 0.717) is 0 Å². The molecular formula is C19H21F2N5O4. The van der Waals surface area contributed by atoms with E-state index in [9.17, 15) is 28.0 Å². The highest BCUT2D eigenvalue weighted by Crippen LogP contribution is 2.35. The number of carbonyl (C=O) groups excluding carboxylic acids is 2. The van der Waals surface area contributed by atoms with Crippen LogP contribution in [0.4, 0.5) is 20.3 Å². The lowest BCUT2D eigenvalue weighted by molar-refractivity contribution is -0.117. The van der Waals surface area contributed by atoms with Crippen molar-refractivity contribution in [3.63, 3.8) is 0 Å². The van der Waals surface area contributed by atoms with Crippen LogP contribution in [-0.2, 0) is 4.79 Å². The van der Waals surface area contributed by atoms with Crippen LogP contribution in [0.5, 0.6) is 0 Å². The average molecular weight is 421 g/mol. The molecule has 0 radical (unpaired) electrons. The molecule has 1 heterocycles. The monoisotopic (exact) mass is 421 g/mol. The minimum Gasteiger partial charge on any atom is -0.384 e. The standard InChI is InChI=1S/C19H21F2N5O4/c1-2-25(9-14(28)23-16-11(20)4-3-5-12(16)21)8-13(27)15-17(22)26(10-6-7-10)19(30)24-18(15)29/h3-5,10H,2,6-9,22H2,1H3,(H,23,28)(H,24,29,30). The highest BCUT2D eigenvalue weighted by molar-refractivity contribution is 6.01. The number of amides is 1. The Labute approximate surface area is 169 Å². The number of likely N-dealkylation sites (N-methyl/N-ethyl adjacent to an activating group) is 1. The normalized spacial score (nSPS) is 13.5. The summed E-state index contributed by atoms with van der Waals surface area (Å²) in [5.41, 5.74) is 3.43. The third kappa shape index (κ3) is 4.46. The number of halogens is 2. The Balaban J connectivity index is 1.74. The molecular weight excluding hydrogens is 400 g/mol. The van der Waals surface area contributed by atoms with Gasteiger partial charge < -0.3 is 11.1 Å². The molecule has 30 heavy (non-hydrogen) atoms. The second-order valence-electron chi connectivity index (χ2n) is 6.99. The first-order chi connectivity index (χ1) is 14.2. The molecule has 0 unspecified atom stereocenters. The number of nitrogens with two attached hydrogens (primary N) is 1. The lowest BCUT2D eigenvalue weighted by Crippen LogP contribution is -2.41. The molecule has 1 aromatic carbocycles. The molecule has 0 spiro atoms. The maximum Gasteiger partial charge on any atom is 0.330 e. The molecule has 1 saturated carbocycles. The van der Waals surface area contributed by atoms with Crippen molar-refractivity contribution in [3.05, 3.63) is 56.2 Å². The first kappa shape index (κ1) is 21.4. The van der Waals surface area contributed by atoms with Crippen molar-refractivity contribution < 1.29 is 18.4 Å². The predicted molar refractivity (Wildman–Crippen MR) is 105 cm³/mol. The number of aromatic nitrogens is 2. The van der Waals surface area contributed by atoms with Gasteiger partial charge in [0.1, 0.15) is 28.7 Å². The van der Waals surface area contributed by atoms with Gasteiger partial charge in [0.2, 0.25) is 5.91 Å². The third-order valence-electron chi connectivity index (χ3n) is 4.78. The number of hydrogen-bond acceptors (Lipinski definition) is 6. The van der Waals surface area contributed by atoms with Crippen molar-refractivity contribution in [2.45, 2.75) is 25.8 Å². The van der Waals surface area contributed by atoms with Crippen LogP contribution in [0, 0.1) is 11.6 Å². The van der Waals surface area contributed by atoms with Gasteiger partial charge in [-0.2, -0.15) is 0 Å². The van der Waals surface area contributed by atoms with Crippen LogP contribution < -0.4 is 22.3 Å². The minimum atomic E-state index is -0.927. The largest absolute Gasteiger partial charge is 0.384 e. The third-order valence-corrected chi connectivity index (χ3v) is 4.78. The Hall–Kier alpha value is -3.34. The molecule has 1 aliphatic carbocycles. The number of H-pyrrole nitrogens is 1. The van der Waals surface area contributed by atoms with E-state index in [-0.39, 0.29) is 37.1 Å². The fraction of sp³-hybridized carbons (Fsp3) is 0.368. The molecule has 3 rings (SSSR count). The number of rotatable bonds is 8. The van der Waals surface area contributed by atoms with E-state index in [1.807, 2.05) is 0 Å². The van der Waals surface area contributed by atoms with Gasteiger partial charge in [-0.1, -0.05) is 13.0 Å². The van der Waals surface area contributed by atoms with Crippen molar-refractivity contribution in [1.82, 2.24) is 14.5 Å². The fourth-order valence-corrected chi connectivity index (χ4v) is 3.09. The number of nitrogens with one attached hydrogen (secondary N) is 2. The summed E-state index contributed by atoms with van der Waals surface area (Å²) in [6.45, 7) is 1.21. The Morgan fingerprint density at radius 2 is 1.87 bits per heavy atom. The quantitative estimate of drug-likeness (QED) is 0.543. The molecule has 1 fully saturated rings. The fourth-order valence-electron chi connectivity index (χ4n) is 3.09. The van der Waals surface area contributed by atoms with E-state index in [4.69, 9.17) is 5.73 Å². The number of nitrogen functional groups attached to an aromatic ring is 1. The summed E-state index contributed by atoms with van der Waals surface area (Å²) in [6.07, 6.45) is 1.44. The van der Waals surface area contributed by atoms with Crippen LogP contribution >= 0.6 is 0 Å². The Morgan fingerprint density at radius 1 is 1.23 bits per heavy atom. The van der Waals surface area contributed by atoms with Gasteiger partial charge in [-0.05, 0) is 31.5 Å². The molecule has 1 aromatic heterocycles. The highest BCUT2D eigenvalue weighted by Gasteiger charge is 2.30. The summed E-state index contributed by atoms with van der Waals surface area (Å²) in [7, 11) is 0. The number of carbonyl (C=O) groups is 2. The van der Waals surface area contributed by atoms with Crippen molar-refractivity contribution >= 4 is 23.2 Å². The predicted octanol–water partition coefficient (Wildman–Crippen LogP) is 0.875. The van der Waals surface area contributed by atoms with Crippen LogP contribution in [0.2, 0.25) is 0 Å². The lowest BCUT2D eigenvalue weighted by atomic mass is 10.1. The maximum atomic E-state index is 13.7. The van der Waals surface area contributed by atoms with Gasteiger partial charge in [0.25, 0.3) is 5.56 Å². The van der Waals surface area contributed by atoms with Gasteiger partial charge >= 0.3 is 5.69 Å². The molecule has 0 atom stereocenters. The van der Waals surface area contributed by atoms with Gasteiger partial charge in [0.05, 0.1) is 13.1 Å². The maximum absolute atomic E-state index is 13.7. The number of benzene rings is 1. The molecule has 11 heteroatoms. The van der Waals surface area contributed by atoms with Crippen molar-refractivity contribution in [2.75, 3.05) is 30.7 Å². The SMILES string of the molecule is CCN(CC(=O)Nc1c(F)cccc1F)CC(=O)c1c(N)n(C2CC2)c(=O)[nH]c1=O. The van der Waals surface area contributed by atoms with Crippen molar-refractivity contribution in [2.24, 2.45) is 0 Å². The van der Waals surface area contributed by atoms with Crippen LogP contribution in [0.1, 0.15) is 36.2 Å². The molecule has 1 aliphatic rings. The molecule has 1 amide bonds. The van der Waals surface area contributed by atoms with Gasteiger partial charge in [0, 0.05) is 6.04 Å². The van der Waals surface area contributed by atoms with Crippen LogP contribution in [-0.4, -0.2) is 45.8 Å². The Bertz CT molecular complexity index is 1090. The summed E-state index contributed by atoms with van der Waals surface area (Å²) in [6, 6.07) is 3.03. The number of Topliss-reactive ketones (excluding diaryl/α,β-unsaturated/α-hetero) is 1. The average Bonchev–Trinajstić information content (AvgIpc) is 3.48. The van der Waals surface area contributed by atoms with E-state index >= 15 is 0 Å². The zero-order valence-electron chi connectivity index (χ0n) is 16.2. The second-order valence-corrected chi connectivity index (χ2v) is 6.99. The van der Waals surface area contributed by atoms with Crippen molar-refractivity contribution in [1.29, 1.82) is 0 Å². The summed E-state index contributed by atoms with van der Waals surface area (Å²) >= 11 is 0. The molecule has 2 aromatic rings. The summed E-state index contributed by atoms with van der Waals surface area (Å²) in [4.78, 5) is 52.5. The molecule has 160 valence electrons. The minimum absolute atomic E-state index is 0.148. The van der Waals surface area contributed by atoms with Crippen LogP contribution in [0.3, 0.4) is 0 Å². The number of hydrogen-bond donors (Lipinski definition) is 3. The van der Waals surface area contributed by atoms with Gasteiger partial charge in [-0.25, -0.2) is 13.6 Å². The second kappa shape index (κ2) is 8.57. The first-order valence-electron chi connectivity index (χ1n) is 9.36. The summed E-state index contributed by atoms with van der Waals surface area (Å²) in [5.74, 6) is -3.47. The Kier molecular flexibility index (Phi) is 6.11. The molecule has 0 saturated heterocycles. The van der Waals surface area contributed by atoms with Crippen LogP contribution in [0.25, 0.3) is 0 Å². The number of nitrogens with zero attached hydrogens (tertiary/aromatic N) is 2. The highest BCUT2D eigenvalue weighted by atomic mass is 19.1. The number of aromatic amines is 1. The summed E-state index contributed by atoms with van der Waals surface area (Å²) < 4.78 is 28.6. The first-order valence-corrected chi connectivity index (χ1v) is 9.36. The summed E-state index contributed by atoms with van der Waals surface area (Å²) in [5, 5.41) is 2.14. The van der Waals surface area contributed by atoms with E-state index in [1.165, 1.54) is 15.5 Å². The number of ketones is 1. The van der Waals surface area contributed by atoms with E-state index in [1.54, 1.807) is 6.92 Å². The molecule has 4 N–H and O–H groups in total. The Morgan fingerprint density at radius 3 is 2.43 bits per heavy atom. The zero-order valence-corrected chi connectivity index (χ0v) is 16.2. The topological polar surface area (TPSA) is 130 Å². The number of para-hydroxylation sites is 1. The molecule has 9 nitrogen and oxygen atoms in total. The van der Waals surface area contributed by atoms with Gasteiger partial charge in [0.15, 0.2) is 5.78 Å². The van der Waals surface area contributed by atoms with Gasteiger partial charge in [-0.15, -0.1) is 0 Å². The van der Waals surface area contributed by atoms with E-state index in [0.717, 1.165) is 25.0 Å². The number of anilines is 2. The molecule has 0 bridgehead atoms. The van der Waals surface area contributed by atoms with Crippen molar-refractivity contribution in [3.8, 4) is 0 Å². The molecule has 0 aliphatic heterocycles. The smallest absolute Gasteiger partial charge is 0.330 e. The van der Waals surface area contributed by atoms with Crippen LogP contribution in [0.15, 0.2) is 27.8 Å². The van der Waals surface area contributed by atoms with Gasteiger partial charge in [-0.3, -0.25) is 28.8 Å². The van der Waals surface area contributed by atoms with E-state index in [2.05, 4.69) is 10.3 Å². The van der Waals surface area contributed by atoms with E-state index < -0.39 is 40.3 Å². The zero-order chi connectivity index (χ0) is 22.0. The lowest BCUT2D eigenvalue weighted by Gasteiger charge is -2.20.